The van der Waals surface area contributed by atoms with Gasteiger partial charge in [0.15, 0.2) is 15.0 Å². The van der Waals surface area contributed by atoms with Crippen LogP contribution in [0.4, 0.5) is 5.69 Å². The molecule has 3 aliphatic rings. The van der Waals surface area contributed by atoms with Crippen molar-refractivity contribution in [2.45, 2.75) is 56.4 Å². The molecule has 0 bridgehead atoms. The minimum absolute atomic E-state index is 0.0232. The molecule has 0 saturated carbocycles. The zero-order valence-corrected chi connectivity index (χ0v) is 19.7. The van der Waals surface area contributed by atoms with Gasteiger partial charge < -0.3 is 15.5 Å². The van der Waals surface area contributed by atoms with Gasteiger partial charge in [-0.1, -0.05) is 25.1 Å². The van der Waals surface area contributed by atoms with Gasteiger partial charge in [-0.2, -0.15) is 0 Å². The minimum Gasteiger partial charge on any atom is -0.352 e. The van der Waals surface area contributed by atoms with Gasteiger partial charge in [0.2, 0.25) is 0 Å². The number of thioether (sulfide) groups is 1. The Morgan fingerprint density at radius 1 is 1.23 bits per heavy atom. The summed E-state index contributed by atoms with van der Waals surface area (Å²) in [6.45, 7) is 5.18. The summed E-state index contributed by atoms with van der Waals surface area (Å²) in [5.41, 5.74) is 1.49. The average molecular weight is 465 g/mol. The molecule has 2 saturated heterocycles. The zero-order valence-electron chi connectivity index (χ0n) is 18.0. The topological polar surface area (TPSA) is 90.9 Å². The molecule has 1 aromatic rings. The summed E-state index contributed by atoms with van der Waals surface area (Å²) in [6, 6.07) is 7.91. The van der Waals surface area contributed by atoms with E-state index in [1.54, 1.807) is 12.1 Å². The summed E-state index contributed by atoms with van der Waals surface area (Å²) in [5.74, 6) is 0.295. The number of benzene rings is 1. The molecule has 7 nitrogen and oxygen atoms in total. The maximum Gasteiger partial charge on any atom is 0.251 e. The number of piperidine rings is 1. The van der Waals surface area contributed by atoms with Crippen molar-refractivity contribution in [2.24, 2.45) is 4.99 Å². The van der Waals surface area contributed by atoms with E-state index in [4.69, 9.17) is 0 Å². The Kier molecular flexibility index (Phi) is 7.23. The molecule has 2 fully saturated rings. The standard InChI is InChI=1S/C22H32N4O3S2/c1-2-18-6-3-4-12-26(18)13-5-11-23-21(27)16-7-9-17(10-8-16)24-22-25-19-14-31(28,29)15-20(19)30-22/h7-10,18-20H,2-6,11-15H2,1H3,(H,23,27)(H,24,25)/t18-,19+,20-/m1/s1. The Hall–Kier alpha value is -1.58. The van der Waals surface area contributed by atoms with Crippen LogP contribution in [0, 0.1) is 0 Å². The summed E-state index contributed by atoms with van der Waals surface area (Å²) in [7, 11) is -2.94. The molecule has 4 rings (SSSR count). The molecule has 0 spiro atoms. The Morgan fingerprint density at radius 2 is 2.03 bits per heavy atom. The molecular formula is C22H32N4O3S2. The number of carbonyl (C=O) groups is 1. The van der Waals surface area contributed by atoms with Gasteiger partial charge >= 0.3 is 0 Å². The van der Waals surface area contributed by atoms with Crippen LogP contribution < -0.4 is 10.6 Å². The van der Waals surface area contributed by atoms with Crippen LogP contribution in [0.3, 0.4) is 0 Å². The lowest BCUT2D eigenvalue weighted by molar-refractivity contribution is 0.0947. The number of fused-ring (bicyclic) bond motifs is 1. The molecule has 170 valence electrons. The molecule has 0 unspecified atom stereocenters. The van der Waals surface area contributed by atoms with E-state index in [2.05, 4.69) is 27.4 Å². The monoisotopic (exact) mass is 464 g/mol. The Labute approximate surface area is 189 Å². The number of rotatable bonds is 7. The molecule has 2 N–H and O–H groups in total. The van der Waals surface area contributed by atoms with Gasteiger partial charge in [-0.05, 0) is 56.5 Å². The van der Waals surface area contributed by atoms with Gasteiger partial charge in [0.1, 0.15) is 0 Å². The van der Waals surface area contributed by atoms with Gasteiger partial charge in [0.05, 0.1) is 17.5 Å². The first-order valence-electron chi connectivity index (χ1n) is 11.3. The number of anilines is 1. The molecular weight excluding hydrogens is 432 g/mol. The maximum absolute atomic E-state index is 12.4. The first kappa shape index (κ1) is 22.6. The SMILES string of the molecule is CC[C@@H]1CCCCN1CCCNC(=O)c1ccc(NC2=N[C@H]3CS(=O)(=O)C[C@H]3S2)cc1. The number of hydrogen-bond acceptors (Lipinski definition) is 7. The molecule has 1 aromatic carbocycles. The number of nitrogens with zero attached hydrogens (tertiary/aromatic N) is 2. The highest BCUT2D eigenvalue weighted by molar-refractivity contribution is 8.15. The van der Waals surface area contributed by atoms with Crippen LogP contribution in [0.2, 0.25) is 0 Å². The van der Waals surface area contributed by atoms with E-state index in [1.165, 1.54) is 44.0 Å². The number of likely N-dealkylation sites (tertiary alicyclic amines) is 1. The first-order chi connectivity index (χ1) is 14.9. The molecule has 1 amide bonds. The lowest BCUT2D eigenvalue weighted by atomic mass is 10.00. The van der Waals surface area contributed by atoms with Gasteiger partial charge in [-0.3, -0.25) is 9.79 Å². The number of hydrogen-bond donors (Lipinski definition) is 2. The molecule has 0 radical (unpaired) electrons. The van der Waals surface area contributed by atoms with E-state index in [0.29, 0.717) is 18.2 Å². The molecule has 3 atom stereocenters. The van der Waals surface area contributed by atoms with Gasteiger partial charge in [-0.15, -0.1) is 0 Å². The van der Waals surface area contributed by atoms with Crippen molar-refractivity contribution in [1.29, 1.82) is 0 Å². The first-order valence-corrected chi connectivity index (χ1v) is 14.0. The normalized spacial score (nSPS) is 27.5. The van der Waals surface area contributed by atoms with Crippen LogP contribution in [0.25, 0.3) is 0 Å². The molecule has 3 aliphatic heterocycles. The fourth-order valence-corrected chi connectivity index (χ4v) is 8.32. The Balaban J connectivity index is 1.21. The van der Waals surface area contributed by atoms with Gasteiger partial charge in [0.25, 0.3) is 5.91 Å². The zero-order chi connectivity index (χ0) is 21.8. The fourth-order valence-electron chi connectivity index (χ4n) is 4.65. The smallest absolute Gasteiger partial charge is 0.251 e. The van der Waals surface area contributed by atoms with Crippen molar-refractivity contribution in [1.82, 2.24) is 10.2 Å². The van der Waals surface area contributed by atoms with Crippen molar-refractivity contribution in [3.63, 3.8) is 0 Å². The largest absolute Gasteiger partial charge is 0.352 e. The average Bonchev–Trinajstić information content (AvgIpc) is 3.24. The molecule has 9 heteroatoms. The maximum atomic E-state index is 12.4. The highest BCUT2D eigenvalue weighted by Gasteiger charge is 2.42. The second kappa shape index (κ2) is 9.92. The van der Waals surface area contributed by atoms with Crippen LogP contribution in [0.5, 0.6) is 0 Å². The van der Waals surface area contributed by atoms with Crippen molar-refractivity contribution < 1.29 is 13.2 Å². The summed E-state index contributed by atoms with van der Waals surface area (Å²) in [4.78, 5) is 19.5. The molecule has 0 aliphatic carbocycles. The van der Waals surface area contributed by atoms with Crippen LogP contribution in [-0.4, -0.2) is 72.9 Å². The van der Waals surface area contributed by atoms with E-state index in [0.717, 1.165) is 23.8 Å². The second-order valence-electron chi connectivity index (χ2n) is 8.64. The molecule has 31 heavy (non-hydrogen) atoms. The summed E-state index contributed by atoms with van der Waals surface area (Å²) in [6.07, 6.45) is 6.10. The fraction of sp³-hybridized carbons (Fsp3) is 0.636. The molecule has 3 heterocycles. The Bertz CT molecular complexity index is 917. The van der Waals surface area contributed by atoms with Crippen molar-refractivity contribution in [2.75, 3.05) is 36.5 Å². The van der Waals surface area contributed by atoms with E-state index in [-0.39, 0.29) is 28.7 Å². The predicted molar refractivity (Wildman–Crippen MR) is 128 cm³/mol. The van der Waals surface area contributed by atoms with Crippen molar-refractivity contribution in [3.8, 4) is 0 Å². The predicted octanol–water partition coefficient (Wildman–Crippen LogP) is 2.75. The highest BCUT2D eigenvalue weighted by atomic mass is 32.2. The lowest BCUT2D eigenvalue weighted by Crippen LogP contribution is -2.40. The van der Waals surface area contributed by atoms with Gasteiger partial charge in [0, 0.05) is 35.6 Å². The van der Waals surface area contributed by atoms with Gasteiger partial charge in [-0.25, -0.2) is 8.42 Å². The second-order valence-corrected chi connectivity index (χ2v) is 12.0. The van der Waals surface area contributed by atoms with Crippen molar-refractivity contribution >= 4 is 38.4 Å². The third kappa shape index (κ3) is 5.81. The van der Waals surface area contributed by atoms with Crippen molar-refractivity contribution in [3.05, 3.63) is 29.8 Å². The lowest BCUT2D eigenvalue weighted by Gasteiger charge is -2.35. The number of amides is 1. The number of amidine groups is 1. The third-order valence-electron chi connectivity index (χ3n) is 6.34. The van der Waals surface area contributed by atoms with E-state index >= 15 is 0 Å². The van der Waals surface area contributed by atoms with E-state index < -0.39 is 9.84 Å². The van der Waals surface area contributed by atoms with Crippen LogP contribution in [-0.2, 0) is 9.84 Å². The number of carbonyl (C=O) groups excluding carboxylic acids is 1. The summed E-state index contributed by atoms with van der Waals surface area (Å²) >= 11 is 1.49. The van der Waals surface area contributed by atoms with Crippen LogP contribution >= 0.6 is 11.8 Å². The van der Waals surface area contributed by atoms with Crippen LogP contribution in [0.15, 0.2) is 29.3 Å². The van der Waals surface area contributed by atoms with E-state index in [1.807, 2.05) is 12.1 Å². The minimum atomic E-state index is -2.94. The third-order valence-corrected chi connectivity index (χ3v) is 9.49. The van der Waals surface area contributed by atoms with E-state index in [9.17, 15) is 13.2 Å². The Morgan fingerprint density at radius 3 is 2.77 bits per heavy atom. The molecule has 0 aromatic heterocycles. The number of nitrogens with one attached hydrogen (secondary N) is 2. The summed E-state index contributed by atoms with van der Waals surface area (Å²) in [5, 5.41) is 7.05. The highest BCUT2D eigenvalue weighted by Crippen LogP contribution is 2.34. The number of sulfone groups is 1. The van der Waals surface area contributed by atoms with Crippen LogP contribution in [0.1, 0.15) is 49.4 Å². The number of aliphatic imine (C=N–C) groups is 1. The quantitative estimate of drug-likeness (QED) is 0.603. The summed E-state index contributed by atoms with van der Waals surface area (Å²) < 4.78 is 23.3.